The zero-order valence-corrected chi connectivity index (χ0v) is 40.3. The molecule has 3 unspecified atom stereocenters. The molecule has 6 heteroatoms. The molecule has 0 rings (SSSR count). The van der Waals surface area contributed by atoms with Crippen LogP contribution in [0.25, 0.3) is 0 Å². The Morgan fingerprint density at radius 1 is 0.492 bits per heavy atom. The van der Waals surface area contributed by atoms with E-state index < -0.39 is 18.2 Å². The van der Waals surface area contributed by atoms with Crippen molar-refractivity contribution in [2.45, 2.75) is 270 Å². The molecule has 0 aliphatic rings. The van der Waals surface area contributed by atoms with Crippen molar-refractivity contribution in [3.63, 3.8) is 0 Å². The molecule has 0 aliphatic heterocycles. The SMILES string of the molecule is CC/C=C/C=C/C=C\C=C/C=C/CCCC(=O)OC(CCCCCCCCCCCCCCCCCCC)CC(=O)NC(CO)C(O)CCCCCCCCCCCCCC. The maximum absolute atomic E-state index is 13.2. The summed E-state index contributed by atoms with van der Waals surface area (Å²) in [7, 11) is 0. The van der Waals surface area contributed by atoms with E-state index in [1.165, 1.54) is 148 Å². The predicted molar refractivity (Wildman–Crippen MR) is 264 cm³/mol. The quantitative estimate of drug-likeness (QED) is 0.0322. The van der Waals surface area contributed by atoms with Crippen molar-refractivity contribution in [1.29, 1.82) is 0 Å². The molecule has 0 spiro atoms. The van der Waals surface area contributed by atoms with Gasteiger partial charge < -0.3 is 20.3 Å². The first-order valence-corrected chi connectivity index (χ1v) is 26.1. The summed E-state index contributed by atoms with van der Waals surface area (Å²) in [5.74, 6) is -0.555. The van der Waals surface area contributed by atoms with Crippen LogP contribution in [-0.2, 0) is 14.3 Å². The van der Waals surface area contributed by atoms with Crippen LogP contribution >= 0.6 is 0 Å². The Kier molecular flexibility index (Phi) is 46.6. The Labute approximate surface area is 378 Å². The fourth-order valence-electron chi connectivity index (χ4n) is 7.81. The average Bonchev–Trinajstić information content (AvgIpc) is 3.25. The number of hydrogen-bond acceptors (Lipinski definition) is 5. The molecule has 3 atom stereocenters. The van der Waals surface area contributed by atoms with Crippen molar-refractivity contribution in [2.24, 2.45) is 0 Å². The first-order valence-electron chi connectivity index (χ1n) is 26.1. The van der Waals surface area contributed by atoms with Gasteiger partial charge in [0.1, 0.15) is 6.10 Å². The number of ether oxygens (including phenoxy) is 1. The van der Waals surface area contributed by atoms with Gasteiger partial charge in [0, 0.05) is 6.42 Å². The van der Waals surface area contributed by atoms with E-state index in [2.05, 4.69) is 38.2 Å². The number of rotatable bonds is 46. The second kappa shape index (κ2) is 48.6. The molecule has 0 fully saturated rings. The van der Waals surface area contributed by atoms with Crippen LogP contribution in [0.4, 0.5) is 0 Å². The van der Waals surface area contributed by atoms with E-state index >= 15 is 0 Å². The largest absolute Gasteiger partial charge is 0.462 e. The number of unbranched alkanes of at least 4 members (excludes halogenated alkanes) is 28. The Morgan fingerprint density at radius 3 is 1.28 bits per heavy atom. The Morgan fingerprint density at radius 2 is 0.869 bits per heavy atom. The van der Waals surface area contributed by atoms with Crippen LogP contribution in [0.5, 0.6) is 0 Å². The van der Waals surface area contributed by atoms with E-state index in [1.54, 1.807) is 0 Å². The fraction of sp³-hybridized carbons (Fsp3) is 0.782. The Balaban J connectivity index is 4.65. The molecular formula is C55H99NO5. The number of nitrogens with one attached hydrogen (secondary N) is 1. The van der Waals surface area contributed by atoms with Gasteiger partial charge in [-0.25, -0.2) is 0 Å². The Bertz CT molecular complexity index is 1090. The first kappa shape index (κ1) is 58.6. The number of aliphatic hydroxyl groups is 2. The number of carbonyl (C=O) groups is 2. The van der Waals surface area contributed by atoms with Crippen molar-refractivity contribution in [2.75, 3.05) is 6.61 Å². The van der Waals surface area contributed by atoms with E-state index in [4.69, 9.17) is 4.74 Å². The van der Waals surface area contributed by atoms with Crippen LogP contribution in [0, 0.1) is 0 Å². The monoisotopic (exact) mass is 854 g/mol. The van der Waals surface area contributed by atoms with Crippen molar-refractivity contribution >= 4 is 11.9 Å². The van der Waals surface area contributed by atoms with Gasteiger partial charge in [0.25, 0.3) is 0 Å². The number of aliphatic hydroxyl groups excluding tert-OH is 2. The number of amides is 1. The van der Waals surface area contributed by atoms with E-state index in [0.717, 1.165) is 51.4 Å². The highest BCUT2D eigenvalue weighted by atomic mass is 16.5. The number of hydrogen-bond donors (Lipinski definition) is 3. The molecule has 0 saturated carbocycles. The molecule has 6 nitrogen and oxygen atoms in total. The van der Waals surface area contributed by atoms with Gasteiger partial charge in [-0.05, 0) is 38.5 Å². The van der Waals surface area contributed by atoms with Gasteiger partial charge >= 0.3 is 5.97 Å². The lowest BCUT2D eigenvalue weighted by molar-refractivity contribution is -0.151. The highest BCUT2D eigenvalue weighted by Gasteiger charge is 2.24. The van der Waals surface area contributed by atoms with E-state index in [0.29, 0.717) is 25.7 Å². The summed E-state index contributed by atoms with van der Waals surface area (Å²) in [5.41, 5.74) is 0. The van der Waals surface area contributed by atoms with Crippen LogP contribution in [0.2, 0.25) is 0 Å². The molecule has 0 aromatic carbocycles. The smallest absolute Gasteiger partial charge is 0.306 e. The molecular weight excluding hydrogens is 755 g/mol. The maximum Gasteiger partial charge on any atom is 0.306 e. The van der Waals surface area contributed by atoms with E-state index in [9.17, 15) is 19.8 Å². The molecule has 354 valence electrons. The third kappa shape index (κ3) is 44.0. The van der Waals surface area contributed by atoms with Crippen molar-refractivity contribution in [3.05, 3.63) is 60.8 Å². The topological polar surface area (TPSA) is 95.9 Å². The highest BCUT2D eigenvalue weighted by Crippen LogP contribution is 2.18. The molecule has 1 amide bonds. The second-order valence-corrected chi connectivity index (χ2v) is 17.7. The maximum atomic E-state index is 13.2. The lowest BCUT2D eigenvalue weighted by Crippen LogP contribution is -2.46. The molecule has 0 heterocycles. The lowest BCUT2D eigenvalue weighted by Gasteiger charge is -2.24. The lowest BCUT2D eigenvalue weighted by atomic mass is 10.0. The summed E-state index contributed by atoms with van der Waals surface area (Å²) in [5, 5.41) is 23.7. The minimum absolute atomic E-state index is 0.0503. The van der Waals surface area contributed by atoms with Crippen molar-refractivity contribution in [3.8, 4) is 0 Å². The van der Waals surface area contributed by atoms with Crippen LogP contribution in [0.1, 0.15) is 252 Å². The molecule has 61 heavy (non-hydrogen) atoms. The molecule has 0 aromatic heterocycles. The van der Waals surface area contributed by atoms with E-state index in [-0.39, 0.29) is 24.9 Å². The summed E-state index contributed by atoms with van der Waals surface area (Å²) >= 11 is 0. The fourth-order valence-corrected chi connectivity index (χ4v) is 7.81. The van der Waals surface area contributed by atoms with Gasteiger partial charge in [0.2, 0.25) is 5.91 Å². The Hall–Kier alpha value is -2.44. The standard InChI is InChI=1S/C55H99NO5/c1-4-7-10-13-16-19-22-25-26-27-28-30-31-34-37-40-43-46-51(61-55(60)48-45-42-39-36-33-29-23-20-17-14-11-8-5-2)49-54(59)56-52(50-57)53(58)47-44-41-38-35-32-24-21-18-15-12-9-6-3/h8,11,14,17,20,23,29,33,36,39,51-53,57-58H,4-7,9-10,12-13,15-16,18-19,21-22,24-28,30-32,34-35,37-38,40-50H2,1-3H3,(H,56,59)/b11-8+,17-14+,23-20-,33-29-,39-36+. The molecule has 0 aromatic rings. The summed E-state index contributed by atoms with van der Waals surface area (Å²) < 4.78 is 5.90. The van der Waals surface area contributed by atoms with Crippen LogP contribution in [-0.4, -0.2) is 46.9 Å². The van der Waals surface area contributed by atoms with Crippen molar-refractivity contribution < 1.29 is 24.5 Å². The number of allylic oxidation sites excluding steroid dienone is 10. The third-order valence-corrected chi connectivity index (χ3v) is 11.7. The summed E-state index contributed by atoms with van der Waals surface area (Å²) in [6.07, 6.45) is 60.0. The summed E-state index contributed by atoms with van der Waals surface area (Å²) in [6.45, 7) is 6.33. The van der Waals surface area contributed by atoms with Crippen LogP contribution < -0.4 is 5.32 Å². The van der Waals surface area contributed by atoms with Crippen LogP contribution in [0.3, 0.4) is 0 Å². The molecule has 0 bridgehead atoms. The molecule has 0 aliphatic carbocycles. The first-order chi connectivity index (χ1) is 30.0. The number of carbonyl (C=O) groups excluding carboxylic acids is 2. The van der Waals surface area contributed by atoms with Crippen molar-refractivity contribution in [1.82, 2.24) is 5.32 Å². The third-order valence-electron chi connectivity index (χ3n) is 11.7. The molecule has 3 N–H and O–H groups in total. The van der Waals surface area contributed by atoms with Gasteiger partial charge in [-0.3, -0.25) is 9.59 Å². The normalized spacial score (nSPS) is 13.7. The second-order valence-electron chi connectivity index (χ2n) is 17.7. The van der Waals surface area contributed by atoms with Gasteiger partial charge in [-0.2, -0.15) is 0 Å². The summed E-state index contributed by atoms with van der Waals surface area (Å²) in [6, 6.07) is -0.715. The predicted octanol–water partition coefficient (Wildman–Crippen LogP) is 15.6. The summed E-state index contributed by atoms with van der Waals surface area (Å²) in [4.78, 5) is 26.1. The van der Waals surface area contributed by atoms with Gasteiger partial charge in [-0.15, -0.1) is 0 Å². The molecule has 0 saturated heterocycles. The minimum atomic E-state index is -0.799. The highest BCUT2D eigenvalue weighted by molar-refractivity contribution is 5.77. The average molecular weight is 854 g/mol. The van der Waals surface area contributed by atoms with Gasteiger partial charge in [-0.1, -0.05) is 261 Å². The zero-order chi connectivity index (χ0) is 44.5. The zero-order valence-electron chi connectivity index (χ0n) is 40.3. The number of esters is 1. The van der Waals surface area contributed by atoms with Gasteiger partial charge in [0.15, 0.2) is 0 Å². The molecule has 0 radical (unpaired) electrons. The van der Waals surface area contributed by atoms with E-state index in [1.807, 2.05) is 48.6 Å². The minimum Gasteiger partial charge on any atom is -0.462 e. The van der Waals surface area contributed by atoms with Gasteiger partial charge in [0.05, 0.1) is 25.2 Å². The van der Waals surface area contributed by atoms with Crippen LogP contribution in [0.15, 0.2) is 60.8 Å².